The number of carbonyl (C=O) groups excluding carboxylic acids is 1. The summed E-state index contributed by atoms with van der Waals surface area (Å²) in [6.07, 6.45) is 7.46. The first-order valence-corrected chi connectivity index (χ1v) is 13.6. The Bertz CT molecular complexity index is 970. The number of aryl methyl sites for hydroxylation is 1. The van der Waals surface area contributed by atoms with Gasteiger partial charge in [-0.15, -0.1) is 10.2 Å². The molecule has 1 aromatic heterocycles. The lowest BCUT2D eigenvalue weighted by atomic mass is 9.94. The third kappa shape index (κ3) is 5.31. The van der Waals surface area contributed by atoms with Gasteiger partial charge in [0.25, 0.3) is 0 Å². The standard InChI is InChI=1S/C28H41N5O2/c1-19(2)27-31-30-20(3)33(27)25-17-23-9-10-24(18-25)32(23)14-11-26(21-7-5-4-6-8-21)29-28(34)22-12-15-35-16-13-22/h4-8,19,22-26H,9-18H2,1-3H3,(H,29,34)/t23?,24?,25?,26-/m0/s1. The number of nitrogens with zero attached hydrogens (tertiary/aromatic N) is 4. The highest BCUT2D eigenvalue weighted by molar-refractivity contribution is 5.79. The number of ether oxygens (including phenoxy) is 1. The van der Waals surface area contributed by atoms with Gasteiger partial charge in [0.1, 0.15) is 11.6 Å². The van der Waals surface area contributed by atoms with E-state index in [1.807, 2.05) is 6.07 Å². The molecule has 2 aromatic rings. The zero-order valence-electron chi connectivity index (χ0n) is 21.5. The Morgan fingerprint density at radius 2 is 1.71 bits per heavy atom. The molecule has 1 N–H and O–H groups in total. The summed E-state index contributed by atoms with van der Waals surface area (Å²) in [6, 6.07) is 12.2. The molecule has 5 rings (SSSR count). The molecule has 0 saturated carbocycles. The van der Waals surface area contributed by atoms with E-state index in [4.69, 9.17) is 4.74 Å². The molecule has 0 spiro atoms. The Kier molecular flexibility index (Phi) is 7.54. The minimum Gasteiger partial charge on any atom is -0.381 e. The molecule has 1 amide bonds. The van der Waals surface area contributed by atoms with Gasteiger partial charge in [-0.2, -0.15) is 0 Å². The average Bonchev–Trinajstić information content (AvgIpc) is 3.38. The van der Waals surface area contributed by atoms with E-state index in [9.17, 15) is 4.79 Å². The molecule has 0 aliphatic carbocycles. The second-order valence-electron chi connectivity index (χ2n) is 11.0. The SMILES string of the molecule is Cc1nnc(C(C)C)n1C1CC2CCC(C1)N2CC[C@H](NC(=O)C1CCOCC1)c1ccccc1. The van der Waals surface area contributed by atoms with Crippen LogP contribution in [0.4, 0.5) is 0 Å². The van der Waals surface area contributed by atoms with E-state index in [-0.39, 0.29) is 17.9 Å². The summed E-state index contributed by atoms with van der Waals surface area (Å²) >= 11 is 0. The molecular weight excluding hydrogens is 438 g/mol. The third-order valence-corrected chi connectivity index (χ3v) is 8.42. The number of fused-ring (bicyclic) bond motifs is 2. The van der Waals surface area contributed by atoms with Crippen molar-refractivity contribution in [3.8, 4) is 0 Å². The predicted molar refractivity (Wildman–Crippen MR) is 136 cm³/mol. The molecule has 4 heterocycles. The van der Waals surface area contributed by atoms with Crippen molar-refractivity contribution >= 4 is 5.91 Å². The lowest BCUT2D eigenvalue weighted by Gasteiger charge is -2.40. The second kappa shape index (κ2) is 10.8. The van der Waals surface area contributed by atoms with E-state index in [1.165, 1.54) is 31.2 Å². The van der Waals surface area contributed by atoms with Crippen molar-refractivity contribution in [2.24, 2.45) is 5.92 Å². The lowest BCUT2D eigenvalue weighted by Crippen LogP contribution is -2.45. The highest BCUT2D eigenvalue weighted by atomic mass is 16.5. The lowest BCUT2D eigenvalue weighted by molar-refractivity contribution is -0.128. The third-order valence-electron chi connectivity index (χ3n) is 8.42. The molecule has 3 atom stereocenters. The van der Waals surface area contributed by atoms with E-state index in [0.717, 1.165) is 37.5 Å². The number of piperidine rings is 1. The van der Waals surface area contributed by atoms with Gasteiger partial charge in [-0.25, -0.2) is 0 Å². The highest BCUT2D eigenvalue weighted by Crippen LogP contribution is 2.42. The molecule has 3 aliphatic rings. The van der Waals surface area contributed by atoms with Crippen LogP contribution in [0.5, 0.6) is 0 Å². The van der Waals surface area contributed by atoms with E-state index in [1.54, 1.807) is 0 Å². The maximum atomic E-state index is 13.1. The van der Waals surface area contributed by atoms with E-state index in [0.29, 0.717) is 37.3 Å². The fourth-order valence-electron chi connectivity index (χ4n) is 6.59. The molecule has 0 radical (unpaired) electrons. The zero-order chi connectivity index (χ0) is 24.4. The first-order chi connectivity index (χ1) is 17.0. The number of hydrogen-bond donors (Lipinski definition) is 1. The Morgan fingerprint density at radius 1 is 1.03 bits per heavy atom. The van der Waals surface area contributed by atoms with Gasteiger partial charge in [-0.3, -0.25) is 9.69 Å². The minimum absolute atomic E-state index is 0.0521. The van der Waals surface area contributed by atoms with Gasteiger partial charge in [0.05, 0.1) is 6.04 Å². The topological polar surface area (TPSA) is 72.3 Å². The zero-order valence-corrected chi connectivity index (χ0v) is 21.5. The van der Waals surface area contributed by atoms with Crippen LogP contribution in [0.1, 0.15) is 94.0 Å². The number of nitrogens with one attached hydrogen (secondary N) is 1. The molecule has 7 nitrogen and oxygen atoms in total. The molecule has 3 aliphatic heterocycles. The van der Waals surface area contributed by atoms with Crippen molar-refractivity contribution in [1.82, 2.24) is 25.0 Å². The summed E-state index contributed by atoms with van der Waals surface area (Å²) < 4.78 is 7.89. The maximum Gasteiger partial charge on any atom is 0.223 e. The molecule has 7 heteroatoms. The number of carbonyl (C=O) groups is 1. The van der Waals surface area contributed by atoms with Crippen LogP contribution in [-0.4, -0.2) is 57.4 Å². The number of hydrogen-bond acceptors (Lipinski definition) is 5. The van der Waals surface area contributed by atoms with Crippen LogP contribution in [0.15, 0.2) is 30.3 Å². The van der Waals surface area contributed by atoms with Crippen molar-refractivity contribution < 1.29 is 9.53 Å². The van der Waals surface area contributed by atoms with Crippen LogP contribution >= 0.6 is 0 Å². The number of amides is 1. The van der Waals surface area contributed by atoms with Crippen molar-refractivity contribution in [1.29, 1.82) is 0 Å². The summed E-state index contributed by atoms with van der Waals surface area (Å²) in [5.41, 5.74) is 1.21. The Labute approximate surface area is 209 Å². The minimum atomic E-state index is 0.0521. The Hall–Kier alpha value is -2.25. The average molecular weight is 480 g/mol. The van der Waals surface area contributed by atoms with Gasteiger partial charge >= 0.3 is 0 Å². The number of benzene rings is 1. The largest absolute Gasteiger partial charge is 0.381 e. The fraction of sp³-hybridized carbons (Fsp3) is 0.679. The quantitative estimate of drug-likeness (QED) is 0.601. The van der Waals surface area contributed by atoms with E-state index >= 15 is 0 Å². The highest BCUT2D eigenvalue weighted by Gasteiger charge is 2.42. The Morgan fingerprint density at radius 3 is 2.37 bits per heavy atom. The summed E-state index contributed by atoms with van der Waals surface area (Å²) in [7, 11) is 0. The number of rotatable bonds is 8. The van der Waals surface area contributed by atoms with Crippen LogP contribution in [-0.2, 0) is 9.53 Å². The first-order valence-electron chi connectivity index (χ1n) is 13.6. The Balaban J connectivity index is 1.25. The van der Waals surface area contributed by atoms with Crippen LogP contribution < -0.4 is 5.32 Å². The molecule has 2 bridgehead atoms. The smallest absolute Gasteiger partial charge is 0.223 e. The van der Waals surface area contributed by atoms with E-state index < -0.39 is 0 Å². The van der Waals surface area contributed by atoms with Crippen molar-refractivity contribution in [3.63, 3.8) is 0 Å². The normalized spacial score (nSPS) is 26.2. The monoisotopic (exact) mass is 479 g/mol. The van der Waals surface area contributed by atoms with Gasteiger partial charge in [-0.05, 0) is 57.4 Å². The van der Waals surface area contributed by atoms with Gasteiger partial charge in [0, 0.05) is 49.7 Å². The summed E-state index contributed by atoms with van der Waals surface area (Å²) in [4.78, 5) is 15.8. The van der Waals surface area contributed by atoms with Crippen LogP contribution in [0.25, 0.3) is 0 Å². The fourth-order valence-corrected chi connectivity index (χ4v) is 6.59. The van der Waals surface area contributed by atoms with Crippen molar-refractivity contribution in [2.45, 2.75) is 95.8 Å². The first kappa shape index (κ1) is 24.4. The molecule has 35 heavy (non-hydrogen) atoms. The molecule has 1 aromatic carbocycles. The summed E-state index contributed by atoms with van der Waals surface area (Å²) in [5, 5.41) is 12.3. The molecule has 3 saturated heterocycles. The maximum absolute atomic E-state index is 13.1. The molecule has 2 unspecified atom stereocenters. The molecule has 3 fully saturated rings. The molecule has 190 valence electrons. The van der Waals surface area contributed by atoms with Crippen LogP contribution in [0.2, 0.25) is 0 Å². The van der Waals surface area contributed by atoms with Gasteiger partial charge in [0.2, 0.25) is 5.91 Å². The van der Waals surface area contributed by atoms with Gasteiger partial charge in [0.15, 0.2) is 0 Å². The number of aromatic nitrogens is 3. The summed E-state index contributed by atoms with van der Waals surface area (Å²) in [6.45, 7) is 8.92. The van der Waals surface area contributed by atoms with Crippen LogP contribution in [0.3, 0.4) is 0 Å². The second-order valence-corrected chi connectivity index (χ2v) is 11.0. The van der Waals surface area contributed by atoms with Gasteiger partial charge < -0.3 is 14.6 Å². The van der Waals surface area contributed by atoms with Crippen molar-refractivity contribution in [3.05, 3.63) is 47.5 Å². The predicted octanol–water partition coefficient (Wildman–Crippen LogP) is 4.55. The summed E-state index contributed by atoms with van der Waals surface area (Å²) in [5.74, 6) is 2.82. The van der Waals surface area contributed by atoms with Crippen LogP contribution in [0, 0.1) is 12.8 Å². The van der Waals surface area contributed by atoms with Crippen molar-refractivity contribution in [2.75, 3.05) is 19.8 Å². The van der Waals surface area contributed by atoms with E-state index in [2.05, 4.69) is 70.0 Å². The van der Waals surface area contributed by atoms with Gasteiger partial charge in [-0.1, -0.05) is 44.2 Å². The molecular formula is C28H41N5O2.